The van der Waals surface area contributed by atoms with Gasteiger partial charge in [-0.05, 0) is 50.2 Å². The second-order valence-electron chi connectivity index (χ2n) is 6.35. The van der Waals surface area contributed by atoms with Crippen LogP contribution >= 0.6 is 0 Å². The number of nitrogens with zero attached hydrogens (tertiary/aromatic N) is 1. The Morgan fingerprint density at radius 2 is 1.81 bits per heavy atom. The van der Waals surface area contributed by atoms with Gasteiger partial charge >= 0.3 is 5.97 Å². The van der Waals surface area contributed by atoms with Crippen LogP contribution in [-0.2, 0) is 4.79 Å². The van der Waals surface area contributed by atoms with Crippen LogP contribution in [0.1, 0.15) is 48.0 Å². The smallest absolute Gasteiger partial charge is 0.303 e. The molecule has 2 unspecified atom stereocenters. The third-order valence-electron chi connectivity index (χ3n) is 4.90. The highest BCUT2D eigenvalue weighted by molar-refractivity contribution is 5.96. The molecule has 3 rings (SSSR count). The van der Waals surface area contributed by atoms with Crippen molar-refractivity contribution in [2.75, 3.05) is 0 Å². The molecule has 1 amide bonds. The minimum atomic E-state index is -0.724. The highest BCUT2D eigenvalue weighted by atomic mass is 16.4. The Kier molecular flexibility index (Phi) is 3.70. The maximum Gasteiger partial charge on any atom is 0.303 e. The van der Waals surface area contributed by atoms with Crippen molar-refractivity contribution in [1.82, 2.24) is 4.90 Å². The zero-order valence-electron chi connectivity index (χ0n) is 12.3. The number of carboxylic acid groups (broad SMARTS) is 1. The number of hydrogen-bond donors (Lipinski definition) is 1. The standard InChI is InChI=1S/C17H21NO3/c1-11-4-2-3-5-15(11)17(21)18-13-6-7-14(18)9-12(8-13)10-16(19)20/h2-5,12-14H,6-10H2,1H3,(H,19,20). The first-order valence-electron chi connectivity index (χ1n) is 7.66. The number of benzene rings is 1. The van der Waals surface area contributed by atoms with Crippen molar-refractivity contribution < 1.29 is 14.7 Å². The summed E-state index contributed by atoms with van der Waals surface area (Å²) in [6.07, 6.45) is 3.93. The fourth-order valence-corrected chi connectivity index (χ4v) is 3.99. The normalized spacial score (nSPS) is 27.7. The Hall–Kier alpha value is -1.84. The summed E-state index contributed by atoms with van der Waals surface area (Å²) in [5, 5.41) is 8.97. The molecule has 0 aliphatic carbocycles. The van der Waals surface area contributed by atoms with Gasteiger partial charge in [0.15, 0.2) is 0 Å². The van der Waals surface area contributed by atoms with Crippen LogP contribution in [0.2, 0.25) is 0 Å². The lowest BCUT2D eigenvalue weighted by Crippen LogP contribution is -2.47. The number of aliphatic carboxylic acids is 1. The van der Waals surface area contributed by atoms with Crippen LogP contribution in [0.15, 0.2) is 24.3 Å². The van der Waals surface area contributed by atoms with Gasteiger partial charge in [0.1, 0.15) is 0 Å². The molecule has 2 aliphatic heterocycles. The van der Waals surface area contributed by atoms with Crippen LogP contribution in [0.5, 0.6) is 0 Å². The number of hydrogen-bond acceptors (Lipinski definition) is 2. The monoisotopic (exact) mass is 287 g/mol. The molecule has 112 valence electrons. The quantitative estimate of drug-likeness (QED) is 0.930. The predicted octanol–water partition coefficient (Wildman–Crippen LogP) is 2.85. The van der Waals surface area contributed by atoms with Crippen LogP contribution < -0.4 is 0 Å². The maximum absolute atomic E-state index is 12.8. The van der Waals surface area contributed by atoms with E-state index < -0.39 is 5.97 Å². The lowest BCUT2D eigenvalue weighted by Gasteiger charge is -2.39. The zero-order chi connectivity index (χ0) is 15.0. The molecular formula is C17H21NO3. The molecule has 1 aromatic carbocycles. The number of amides is 1. The number of fused-ring (bicyclic) bond motifs is 2. The SMILES string of the molecule is Cc1ccccc1C(=O)N1C2CCC1CC(CC(=O)O)C2. The molecule has 0 radical (unpaired) electrons. The van der Waals surface area contributed by atoms with Gasteiger partial charge in [0.05, 0.1) is 0 Å². The number of rotatable bonds is 3. The summed E-state index contributed by atoms with van der Waals surface area (Å²) in [7, 11) is 0. The zero-order valence-corrected chi connectivity index (χ0v) is 12.3. The van der Waals surface area contributed by atoms with Gasteiger partial charge in [-0.15, -0.1) is 0 Å². The second-order valence-corrected chi connectivity index (χ2v) is 6.35. The van der Waals surface area contributed by atoms with Crippen LogP contribution in [0.25, 0.3) is 0 Å². The molecule has 1 aromatic rings. The molecule has 2 aliphatic rings. The summed E-state index contributed by atoms with van der Waals surface area (Å²) in [4.78, 5) is 25.8. The first-order chi connectivity index (χ1) is 10.1. The van der Waals surface area contributed by atoms with E-state index in [4.69, 9.17) is 5.11 Å². The Bertz CT molecular complexity index is 555. The summed E-state index contributed by atoms with van der Waals surface area (Å²) in [5.41, 5.74) is 1.79. The third kappa shape index (κ3) is 2.67. The molecular weight excluding hydrogens is 266 g/mol. The van der Waals surface area contributed by atoms with Gasteiger partial charge in [-0.2, -0.15) is 0 Å². The maximum atomic E-state index is 12.8. The van der Waals surface area contributed by atoms with E-state index in [9.17, 15) is 9.59 Å². The van der Waals surface area contributed by atoms with Crippen LogP contribution in [0.4, 0.5) is 0 Å². The number of aryl methyl sites for hydroxylation is 1. The van der Waals surface area contributed by atoms with E-state index in [1.165, 1.54) is 0 Å². The molecule has 0 saturated carbocycles. The van der Waals surface area contributed by atoms with E-state index in [1.807, 2.05) is 36.1 Å². The molecule has 21 heavy (non-hydrogen) atoms. The van der Waals surface area contributed by atoms with Gasteiger partial charge < -0.3 is 10.0 Å². The summed E-state index contributed by atoms with van der Waals surface area (Å²) >= 11 is 0. The van der Waals surface area contributed by atoms with Gasteiger partial charge in [0.25, 0.3) is 5.91 Å². The van der Waals surface area contributed by atoms with Crippen molar-refractivity contribution in [3.8, 4) is 0 Å². The van der Waals surface area contributed by atoms with Crippen molar-refractivity contribution in [2.24, 2.45) is 5.92 Å². The van der Waals surface area contributed by atoms with Crippen LogP contribution in [-0.4, -0.2) is 34.0 Å². The lowest BCUT2D eigenvalue weighted by molar-refractivity contribution is -0.138. The minimum absolute atomic E-state index is 0.120. The van der Waals surface area contributed by atoms with E-state index in [1.54, 1.807) is 0 Å². The van der Waals surface area contributed by atoms with E-state index in [0.717, 1.165) is 36.8 Å². The summed E-state index contributed by atoms with van der Waals surface area (Å²) < 4.78 is 0. The topological polar surface area (TPSA) is 57.6 Å². The number of carbonyl (C=O) groups excluding carboxylic acids is 1. The van der Waals surface area contributed by atoms with Crippen molar-refractivity contribution in [3.63, 3.8) is 0 Å². The van der Waals surface area contributed by atoms with Crippen molar-refractivity contribution in [2.45, 2.75) is 51.1 Å². The second kappa shape index (κ2) is 5.51. The molecule has 2 atom stereocenters. The molecule has 4 heteroatoms. The molecule has 2 heterocycles. The molecule has 2 fully saturated rings. The Labute approximate surface area is 124 Å². The summed E-state index contributed by atoms with van der Waals surface area (Å²) in [6, 6.07) is 8.15. The first kappa shape index (κ1) is 14.1. The molecule has 2 saturated heterocycles. The highest BCUT2D eigenvalue weighted by Crippen LogP contribution is 2.40. The van der Waals surface area contributed by atoms with E-state index >= 15 is 0 Å². The van der Waals surface area contributed by atoms with Gasteiger partial charge in [-0.3, -0.25) is 9.59 Å². The van der Waals surface area contributed by atoms with E-state index in [0.29, 0.717) is 0 Å². The van der Waals surface area contributed by atoms with Crippen LogP contribution in [0.3, 0.4) is 0 Å². The summed E-state index contributed by atoms with van der Waals surface area (Å²) in [5.74, 6) is -0.381. The van der Waals surface area contributed by atoms with Crippen molar-refractivity contribution in [3.05, 3.63) is 35.4 Å². The minimum Gasteiger partial charge on any atom is -0.481 e. The van der Waals surface area contributed by atoms with Gasteiger partial charge in [0.2, 0.25) is 0 Å². The number of piperidine rings is 1. The number of carbonyl (C=O) groups is 2. The molecule has 0 spiro atoms. The molecule has 4 nitrogen and oxygen atoms in total. The van der Waals surface area contributed by atoms with E-state index in [-0.39, 0.29) is 30.3 Å². The fraction of sp³-hybridized carbons (Fsp3) is 0.529. The van der Waals surface area contributed by atoms with Gasteiger partial charge in [-0.25, -0.2) is 0 Å². The average Bonchev–Trinajstić information content (AvgIpc) is 2.69. The van der Waals surface area contributed by atoms with Gasteiger partial charge in [-0.1, -0.05) is 18.2 Å². The van der Waals surface area contributed by atoms with Crippen LogP contribution in [0, 0.1) is 12.8 Å². The summed E-state index contributed by atoms with van der Waals surface area (Å²) in [6.45, 7) is 1.96. The Balaban J connectivity index is 1.78. The third-order valence-corrected chi connectivity index (χ3v) is 4.90. The number of carboxylic acids is 1. The first-order valence-corrected chi connectivity index (χ1v) is 7.66. The van der Waals surface area contributed by atoms with Crippen molar-refractivity contribution >= 4 is 11.9 Å². The Morgan fingerprint density at radius 1 is 1.19 bits per heavy atom. The highest BCUT2D eigenvalue weighted by Gasteiger charge is 2.43. The van der Waals surface area contributed by atoms with Gasteiger partial charge in [0, 0.05) is 24.1 Å². The molecule has 0 aromatic heterocycles. The molecule has 1 N–H and O–H groups in total. The van der Waals surface area contributed by atoms with Crippen molar-refractivity contribution in [1.29, 1.82) is 0 Å². The average molecular weight is 287 g/mol. The largest absolute Gasteiger partial charge is 0.481 e. The predicted molar refractivity (Wildman–Crippen MR) is 79.1 cm³/mol. The molecule has 2 bridgehead atoms. The fourth-order valence-electron chi connectivity index (χ4n) is 3.99. The van der Waals surface area contributed by atoms with E-state index in [2.05, 4.69) is 0 Å². The Morgan fingerprint density at radius 3 is 2.38 bits per heavy atom. The lowest BCUT2D eigenvalue weighted by atomic mass is 9.87.